The molecule has 0 heterocycles. The molecule has 19 heavy (non-hydrogen) atoms. The van der Waals surface area contributed by atoms with Gasteiger partial charge in [-0.25, -0.2) is 0 Å². The van der Waals surface area contributed by atoms with Gasteiger partial charge in [0.2, 0.25) is 0 Å². The lowest BCUT2D eigenvalue weighted by Gasteiger charge is -2.30. The maximum absolute atomic E-state index is 10.1. The molecule has 0 spiro atoms. The number of hydrogen-bond donors (Lipinski definition) is 1. The van der Waals surface area contributed by atoms with Gasteiger partial charge in [0, 0.05) is 23.8 Å². The van der Waals surface area contributed by atoms with Crippen molar-refractivity contribution >= 4 is 5.69 Å². The van der Waals surface area contributed by atoms with E-state index in [-0.39, 0.29) is 0 Å². The fraction of sp³-hybridized carbons (Fsp3) is 0.625. The van der Waals surface area contributed by atoms with Crippen LogP contribution in [-0.4, -0.2) is 24.8 Å². The van der Waals surface area contributed by atoms with Crippen molar-refractivity contribution in [2.45, 2.75) is 45.8 Å². The molecule has 3 nitrogen and oxygen atoms in total. The zero-order valence-electron chi connectivity index (χ0n) is 12.4. The highest BCUT2D eigenvalue weighted by Gasteiger charge is 2.32. The van der Waals surface area contributed by atoms with Crippen molar-refractivity contribution in [2.75, 3.05) is 18.6 Å². The van der Waals surface area contributed by atoms with E-state index < -0.39 is 6.10 Å². The quantitative estimate of drug-likeness (QED) is 0.854. The van der Waals surface area contributed by atoms with E-state index in [1.54, 1.807) is 7.11 Å². The van der Waals surface area contributed by atoms with Gasteiger partial charge in [-0.05, 0) is 37.8 Å². The highest BCUT2D eigenvalue weighted by molar-refractivity contribution is 5.61. The maximum atomic E-state index is 10.1. The fourth-order valence-electron chi connectivity index (χ4n) is 2.60. The van der Waals surface area contributed by atoms with Crippen LogP contribution in [0.1, 0.15) is 45.3 Å². The second-order valence-electron chi connectivity index (χ2n) is 5.85. The average Bonchev–Trinajstić information content (AvgIpc) is 3.18. The molecule has 0 aromatic heterocycles. The number of hydrogen-bond acceptors (Lipinski definition) is 3. The molecule has 0 amide bonds. The fourth-order valence-corrected chi connectivity index (χ4v) is 2.60. The maximum Gasteiger partial charge on any atom is 0.126 e. The van der Waals surface area contributed by atoms with E-state index in [0.29, 0.717) is 12.0 Å². The Labute approximate surface area is 116 Å². The van der Waals surface area contributed by atoms with Crippen LogP contribution < -0.4 is 9.64 Å². The third-order valence-corrected chi connectivity index (χ3v) is 3.54. The van der Waals surface area contributed by atoms with Crippen LogP contribution in [0.15, 0.2) is 18.2 Å². The lowest BCUT2D eigenvalue weighted by molar-refractivity contribution is 0.194. The standard InChI is InChI=1S/C16H25NO2/c1-11(2)10-17(13-8-9-13)14-6-5-7-15(19-4)16(14)12(3)18/h5-7,11-13,18H,8-10H2,1-4H3. The topological polar surface area (TPSA) is 32.7 Å². The number of anilines is 1. The van der Waals surface area contributed by atoms with Crippen molar-refractivity contribution in [2.24, 2.45) is 5.92 Å². The Balaban J connectivity index is 2.40. The van der Waals surface area contributed by atoms with Crippen molar-refractivity contribution in [3.05, 3.63) is 23.8 Å². The van der Waals surface area contributed by atoms with Gasteiger partial charge in [0.1, 0.15) is 5.75 Å². The zero-order valence-corrected chi connectivity index (χ0v) is 12.4. The second kappa shape index (κ2) is 5.83. The summed E-state index contributed by atoms with van der Waals surface area (Å²) in [5.41, 5.74) is 2.04. The number of ether oxygens (including phenoxy) is 1. The van der Waals surface area contributed by atoms with E-state index in [1.807, 2.05) is 19.1 Å². The molecule has 2 rings (SSSR count). The Bertz CT molecular complexity index is 425. The third-order valence-electron chi connectivity index (χ3n) is 3.54. The number of methoxy groups -OCH3 is 1. The van der Waals surface area contributed by atoms with Crippen LogP contribution in [0.25, 0.3) is 0 Å². The van der Waals surface area contributed by atoms with Gasteiger partial charge < -0.3 is 14.7 Å². The molecule has 0 bridgehead atoms. The predicted octanol–water partition coefficient (Wildman–Crippen LogP) is 3.37. The van der Waals surface area contributed by atoms with E-state index in [9.17, 15) is 5.11 Å². The van der Waals surface area contributed by atoms with Crippen LogP contribution in [0.4, 0.5) is 5.69 Å². The molecule has 0 radical (unpaired) electrons. The van der Waals surface area contributed by atoms with E-state index in [2.05, 4.69) is 24.8 Å². The average molecular weight is 263 g/mol. The number of rotatable bonds is 6. The van der Waals surface area contributed by atoms with Crippen LogP contribution in [-0.2, 0) is 0 Å². The highest BCUT2D eigenvalue weighted by atomic mass is 16.5. The summed E-state index contributed by atoms with van der Waals surface area (Å²) in [4.78, 5) is 2.44. The summed E-state index contributed by atoms with van der Waals surface area (Å²) in [5, 5.41) is 10.1. The van der Waals surface area contributed by atoms with Crippen LogP contribution in [0.5, 0.6) is 5.75 Å². The smallest absolute Gasteiger partial charge is 0.126 e. The Kier molecular flexibility index (Phi) is 4.35. The van der Waals surface area contributed by atoms with E-state index in [1.165, 1.54) is 12.8 Å². The molecule has 1 aromatic rings. The molecule has 0 saturated heterocycles. The predicted molar refractivity (Wildman–Crippen MR) is 78.8 cm³/mol. The van der Waals surface area contributed by atoms with Crippen molar-refractivity contribution in [1.82, 2.24) is 0 Å². The first kappa shape index (κ1) is 14.2. The monoisotopic (exact) mass is 263 g/mol. The molecule has 1 aliphatic rings. The van der Waals surface area contributed by atoms with Gasteiger partial charge in [0.25, 0.3) is 0 Å². The van der Waals surface area contributed by atoms with Crippen molar-refractivity contribution in [1.29, 1.82) is 0 Å². The van der Waals surface area contributed by atoms with Crippen molar-refractivity contribution < 1.29 is 9.84 Å². The Morgan fingerprint density at radius 1 is 1.32 bits per heavy atom. The number of aliphatic hydroxyl groups excluding tert-OH is 1. The normalized spacial score (nSPS) is 16.5. The molecule has 1 unspecified atom stereocenters. The van der Waals surface area contributed by atoms with Gasteiger partial charge in [0.15, 0.2) is 0 Å². The summed E-state index contributed by atoms with van der Waals surface area (Å²) in [6.07, 6.45) is 1.99. The van der Waals surface area contributed by atoms with Crippen LogP contribution in [0, 0.1) is 5.92 Å². The minimum Gasteiger partial charge on any atom is -0.496 e. The lowest BCUT2D eigenvalue weighted by Crippen LogP contribution is -2.31. The summed E-state index contributed by atoms with van der Waals surface area (Å²) < 4.78 is 5.42. The molecule has 1 fully saturated rings. The van der Waals surface area contributed by atoms with Crippen molar-refractivity contribution in [3.63, 3.8) is 0 Å². The van der Waals surface area contributed by atoms with Gasteiger partial charge in [-0.2, -0.15) is 0 Å². The first-order valence-electron chi connectivity index (χ1n) is 7.16. The third kappa shape index (κ3) is 3.21. The molecule has 0 aliphatic heterocycles. The molecule has 1 aliphatic carbocycles. The number of aliphatic hydroxyl groups is 1. The van der Waals surface area contributed by atoms with E-state index >= 15 is 0 Å². The van der Waals surface area contributed by atoms with E-state index in [0.717, 1.165) is 23.5 Å². The van der Waals surface area contributed by atoms with E-state index in [4.69, 9.17) is 4.74 Å². The SMILES string of the molecule is COc1cccc(N(CC(C)C)C2CC2)c1C(C)O. The molecule has 106 valence electrons. The van der Waals surface area contributed by atoms with Gasteiger partial charge in [-0.15, -0.1) is 0 Å². The minimum absolute atomic E-state index is 0.514. The summed E-state index contributed by atoms with van der Waals surface area (Å²) >= 11 is 0. The molecule has 1 aromatic carbocycles. The van der Waals surface area contributed by atoms with Gasteiger partial charge >= 0.3 is 0 Å². The van der Waals surface area contributed by atoms with Gasteiger partial charge in [-0.3, -0.25) is 0 Å². The molecule has 3 heteroatoms. The molecule has 1 saturated carbocycles. The van der Waals surface area contributed by atoms with Crippen LogP contribution in [0.3, 0.4) is 0 Å². The summed E-state index contributed by atoms with van der Waals surface area (Å²) in [5.74, 6) is 1.38. The molecule has 1 atom stereocenters. The summed E-state index contributed by atoms with van der Waals surface area (Å²) in [6, 6.07) is 6.67. The Hall–Kier alpha value is -1.22. The number of nitrogens with zero attached hydrogens (tertiary/aromatic N) is 1. The Morgan fingerprint density at radius 3 is 2.47 bits per heavy atom. The first-order valence-corrected chi connectivity index (χ1v) is 7.16. The largest absolute Gasteiger partial charge is 0.496 e. The number of benzene rings is 1. The lowest BCUT2D eigenvalue weighted by atomic mass is 10.0. The molecular weight excluding hydrogens is 238 g/mol. The van der Waals surface area contributed by atoms with Crippen molar-refractivity contribution in [3.8, 4) is 5.75 Å². The molecule has 1 N–H and O–H groups in total. The summed E-state index contributed by atoms with van der Waals surface area (Å²) in [7, 11) is 1.66. The first-order chi connectivity index (χ1) is 9.04. The summed E-state index contributed by atoms with van der Waals surface area (Å²) in [6.45, 7) is 7.30. The molecular formula is C16H25NO2. The highest BCUT2D eigenvalue weighted by Crippen LogP contribution is 2.40. The van der Waals surface area contributed by atoms with Gasteiger partial charge in [-0.1, -0.05) is 19.9 Å². The van der Waals surface area contributed by atoms with Gasteiger partial charge in [0.05, 0.1) is 13.2 Å². The minimum atomic E-state index is -0.514. The van der Waals surface area contributed by atoms with Crippen LogP contribution in [0.2, 0.25) is 0 Å². The van der Waals surface area contributed by atoms with Crippen LogP contribution >= 0.6 is 0 Å². The second-order valence-corrected chi connectivity index (χ2v) is 5.85. The zero-order chi connectivity index (χ0) is 14.0. The Morgan fingerprint density at radius 2 is 2.00 bits per heavy atom.